The van der Waals surface area contributed by atoms with Gasteiger partial charge in [0.15, 0.2) is 11.5 Å². The number of nitro benzene ring substituents is 1. The molecule has 4 aromatic rings. The Kier molecular flexibility index (Phi) is 8.83. The Morgan fingerprint density at radius 2 is 1.46 bits per heavy atom. The first-order chi connectivity index (χ1) is 18.4. The molecule has 0 saturated carbocycles. The average molecular weight is 631 g/mol. The molecule has 202 valence electrons. The number of nitro groups is 1. The molecule has 0 bridgehead atoms. The third-order valence-corrected chi connectivity index (χ3v) is 7.45. The molecule has 8 nitrogen and oxygen atoms in total. The maximum atomic E-state index is 12.8. The molecule has 3 aromatic carbocycles. The van der Waals surface area contributed by atoms with Crippen molar-refractivity contribution < 1.29 is 23.6 Å². The topological polar surface area (TPSA) is 104 Å². The van der Waals surface area contributed by atoms with Crippen LogP contribution < -0.4 is 14.8 Å². The maximum absolute atomic E-state index is 12.8. The van der Waals surface area contributed by atoms with Crippen molar-refractivity contribution in [2.45, 2.75) is 20.5 Å². The minimum Gasteiger partial charge on any atom is -0.482 e. The predicted molar refractivity (Wildman–Crippen MR) is 152 cm³/mol. The highest BCUT2D eigenvalue weighted by molar-refractivity contribution is 6.55. The fourth-order valence-electron chi connectivity index (χ4n) is 3.57. The van der Waals surface area contributed by atoms with Crippen LogP contribution in [0.5, 0.6) is 17.2 Å². The fourth-order valence-corrected chi connectivity index (χ4v) is 4.80. The Morgan fingerprint density at radius 3 is 2.08 bits per heavy atom. The lowest BCUT2D eigenvalue weighted by atomic mass is 10.1. The monoisotopic (exact) mass is 628 g/mol. The number of amides is 1. The third kappa shape index (κ3) is 6.72. The molecule has 0 unspecified atom stereocenters. The van der Waals surface area contributed by atoms with E-state index in [1.807, 2.05) is 19.9 Å². The molecule has 0 atom stereocenters. The SMILES string of the molecule is Cc1cc(C)cc(Oc2cc(NC(=O)c3ccc(COc4c(Cl)c(Cl)c(Cl)c(Cl)c4Cl)o3)cc([N+](=O)[O-])c2)c1. The number of ether oxygens (including phenoxy) is 2. The van der Waals surface area contributed by atoms with Gasteiger partial charge in [-0.15, -0.1) is 0 Å². The van der Waals surface area contributed by atoms with Crippen LogP contribution in [0.4, 0.5) is 11.4 Å². The van der Waals surface area contributed by atoms with Crippen molar-refractivity contribution >= 4 is 75.3 Å². The summed E-state index contributed by atoms with van der Waals surface area (Å²) in [5, 5.41) is 13.9. The number of halogens is 5. The van der Waals surface area contributed by atoms with Crippen molar-refractivity contribution in [2.24, 2.45) is 0 Å². The van der Waals surface area contributed by atoms with Gasteiger partial charge in [0.2, 0.25) is 0 Å². The molecule has 1 heterocycles. The number of furan rings is 1. The lowest BCUT2D eigenvalue weighted by molar-refractivity contribution is -0.384. The molecule has 39 heavy (non-hydrogen) atoms. The van der Waals surface area contributed by atoms with Gasteiger partial charge in [0.25, 0.3) is 11.6 Å². The Hall–Kier alpha value is -3.14. The Morgan fingerprint density at radius 1 is 0.872 bits per heavy atom. The van der Waals surface area contributed by atoms with Gasteiger partial charge in [-0.25, -0.2) is 0 Å². The highest BCUT2D eigenvalue weighted by Crippen LogP contribution is 2.48. The summed E-state index contributed by atoms with van der Waals surface area (Å²) in [4.78, 5) is 23.7. The maximum Gasteiger partial charge on any atom is 0.291 e. The largest absolute Gasteiger partial charge is 0.482 e. The van der Waals surface area contributed by atoms with E-state index in [1.165, 1.54) is 30.3 Å². The van der Waals surface area contributed by atoms with E-state index in [4.69, 9.17) is 71.9 Å². The zero-order chi connectivity index (χ0) is 28.4. The third-order valence-electron chi connectivity index (χ3n) is 5.20. The van der Waals surface area contributed by atoms with Gasteiger partial charge in [-0.3, -0.25) is 14.9 Å². The number of non-ortho nitro benzene ring substituents is 1. The first-order valence-corrected chi connectivity index (χ1v) is 12.9. The van der Waals surface area contributed by atoms with Crippen LogP contribution in [-0.4, -0.2) is 10.8 Å². The van der Waals surface area contributed by atoms with Crippen LogP contribution in [0.25, 0.3) is 0 Å². The number of benzene rings is 3. The predicted octanol–water partition coefficient (Wildman–Crippen LogP) is 9.70. The van der Waals surface area contributed by atoms with Crippen molar-refractivity contribution in [3.8, 4) is 17.2 Å². The smallest absolute Gasteiger partial charge is 0.291 e. The van der Waals surface area contributed by atoms with Gasteiger partial charge < -0.3 is 19.2 Å². The number of hydrogen-bond donors (Lipinski definition) is 1. The van der Waals surface area contributed by atoms with Crippen molar-refractivity contribution in [2.75, 3.05) is 5.32 Å². The summed E-state index contributed by atoms with van der Waals surface area (Å²) >= 11 is 30.4. The summed E-state index contributed by atoms with van der Waals surface area (Å²) in [5.74, 6) is 0.172. The van der Waals surface area contributed by atoms with Crippen molar-refractivity contribution in [3.05, 3.63) is 106 Å². The number of anilines is 1. The highest BCUT2D eigenvalue weighted by atomic mass is 35.5. The normalized spacial score (nSPS) is 10.8. The molecule has 0 fully saturated rings. The number of carbonyl (C=O) groups excluding carboxylic acids is 1. The zero-order valence-corrected chi connectivity index (χ0v) is 23.9. The van der Waals surface area contributed by atoms with E-state index in [0.717, 1.165) is 11.1 Å². The number of aryl methyl sites for hydroxylation is 2. The molecule has 0 aliphatic rings. The van der Waals surface area contributed by atoms with E-state index in [-0.39, 0.29) is 66.1 Å². The van der Waals surface area contributed by atoms with E-state index in [1.54, 1.807) is 12.1 Å². The molecule has 1 N–H and O–H groups in total. The summed E-state index contributed by atoms with van der Waals surface area (Å²) in [6.45, 7) is 3.64. The van der Waals surface area contributed by atoms with Gasteiger partial charge in [0, 0.05) is 12.1 Å². The van der Waals surface area contributed by atoms with E-state index in [9.17, 15) is 14.9 Å². The second kappa shape index (κ2) is 11.9. The van der Waals surface area contributed by atoms with Crippen LogP contribution in [-0.2, 0) is 6.61 Å². The first kappa shape index (κ1) is 28.9. The van der Waals surface area contributed by atoms with Crippen LogP contribution in [0.2, 0.25) is 25.1 Å². The lowest BCUT2D eigenvalue weighted by Gasteiger charge is -2.12. The quantitative estimate of drug-likeness (QED) is 0.0900. The van der Waals surface area contributed by atoms with Crippen molar-refractivity contribution in [1.29, 1.82) is 0 Å². The van der Waals surface area contributed by atoms with E-state index < -0.39 is 10.8 Å². The van der Waals surface area contributed by atoms with Gasteiger partial charge in [-0.05, 0) is 49.2 Å². The standard InChI is InChI=1S/C26H17Cl5N2O6/c1-12-5-13(2)7-17(6-12)38-18-9-14(8-15(10-18)33(35)36)32-26(34)19-4-3-16(39-19)11-37-25-23(30)21(28)20(27)22(29)24(25)31/h3-10H,11H2,1-2H3,(H,32,34). The van der Waals surface area contributed by atoms with Crippen LogP contribution in [0.15, 0.2) is 52.9 Å². The molecule has 1 aromatic heterocycles. The lowest BCUT2D eigenvalue weighted by Crippen LogP contribution is -2.11. The molecule has 0 saturated heterocycles. The minimum atomic E-state index is -0.659. The Balaban J connectivity index is 1.50. The number of rotatable bonds is 8. The van der Waals surface area contributed by atoms with Crippen LogP contribution >= 0.6 is 58.0 Å². The molecule has 0 radical (unpaired) electrons. The number of carbonyl (C=O) groups is 1. The van der Waals surface area contributed by atoms with Gasteiger partial charge in [0.05, 0.1) is 31.7 Å². The Labute approximate surface area is 247 Å². The van der Waals surface area contributed by atoms with Gasteiger partial charge in [-0.2, -0.15) is 0 Å². The summed E-state index contributed by atoms with van der Waals surface area (Å²) in [5.41, 5.74) is 1.79. The fraction of sp³-hybridized carbons (Fsp3) is 0.115. The van der Waals surface area contributed by atoms with Crippen LogP contribution in [0.3, 0.4) is 0 Å². The molecule has 0 aliphatic carbocycles. The first-order valence-electron chi connectivity index (χ1n) is 11.0. The summed E-state index contributed by atoms with van der Waals surface area (Å²) in [6.07, 6.45) is 0. The van der Waals surface area contributed by atoms with Crippen molar-refractivity contribution in [1.82, 2.24) is 0 Å². The molecule has 4 rings (SSSR count). The average Bonchev–Trinajstić information content (AvgIpc) is 3.35. The summed E-state index contributed by atoms with van der Waals surface area (Å²) in [7, 11) is 0. The highest BCUT2D eigenvalue weighted by Gasteiger charge is 2.22. The van der Waals surface area contributed by atoms with Gasteiger partial charge >= 0.3 is 0 Å². The number of nitrogens with one attached hydrogen (secondary N) is 1. The van der Waals surface area contributed by atoms with E-state index in [0.29, 0.717) is 5.75 Å². The molecular formula is C26H17Cl5N2O6. The van der Waals surface area contributed by atoms with E-state index >= 15 is 0 Å². The zero-order valence-electron chi connectivity index (χ0n) is 20.1. The van der Waals surface area contributed by atoms with Gasteiger partial charge in [0.1, 0.15) is 33.9 Å². The molecule has 0 aliphatic heterocycles. The number of hydrogen-bond acceptors (Lipinski definition) is 6. The number of nitrogens with zero attached hydrogens (tertiary/aromatic N) is 1. The minimum absolute atomic E-state index is 0.00642. The van der Waals surface area contributed by atoms with Crippen LogP contribution in [0.1, 0.15) is 27.4 Å². The second-order valence-electron chi connectivity index (χ2n) is 8.31. The summed E-state index contributed by atoms with van der Waals surface area (Å²) in [6, 6.07) is 12.4. The molecule has 1 amide bonds. The molecule has 13 heteroatoms. The second-order valence-corrected chi connectivity index (χ2v) is 10.2. The van der Waals surface area contributed by atoms with Crippen LogP contribution in [0, 0.1) is 24.0 Å². The van der Waals surface area contributed by atoms with Crippen molar-refractivity contribution in [3.63, 3.8) is 0 Å². The van der Waals surface area contributed by atoms with Gasteiger partial charge in [-0.1, -0.05) is 64.1 Å². The summed E-state index contributed by atoms with van der Waals surface area (Å²) < 4.78 is 17.0. The van der Waals surface area contributed by atoms with E-state index in [2.05, 4.69) is 5.32 Å². The molecule has 0 spiro atoms. The Bertz CT molecular complexity index is 1550. The molecular weight excluding hydrogens is 614 g/mol.